The van der Waals surface area contributed by atoms with Crippen molar-refractivity contribution in [3.05, 3.63) is 83.9 Å². The lowest BCUT2D eigenvalue weighted by Crippen LogP contribution is -2.33. The Hall–Kier alpha value is -3.14. The normalized spacial score (nSPS) is 12.0. The van der Waals surface area contributed by atoms with Crippen LogP contribution in [0.2, 0.25) is 0 Å². The monoisotopic (exact) mass is 348 g/mol. The van der Waals surface area contributed by atoms with Crippen molar-refractivity contribution in [3.8, 4) is 0 Å². The number of hydrogen-bond donors (Lipinski definition) is 0. The number of benzene rings is 3. The SMILES string of the molecule is COC(=O)C(C(=O)OC)[C@@H](c1ccccc1)c1ccc2ccccc2c1. The number of ether oxygens (including phenoxy) is 2. The summed E-state index contributed by atoms with van der Waals surface area (Å²) in [7, 11) is 2.56. The maximum Gasteiger partial charge on any atom is 0.321 e. The zero-order valence-corrected chi connectivity index (χ0v) is 14.7. The number of rotatable bonds is 5. The molecule has 3 aromatic rings. The minimum absolute atomic E-state index is 0.499. The molecule has 4 nitrogen and oxygen atoms in total. The molecule has 0 amide bonds. The zero-order chi connectivity index (χ0) is 18.5. The third-order valence-electron chi connectivity index (χ3n) is 4.53. The van der Waals surface area contributed by atoms with Gasteiger partial charge in [-0.25, -0.2) is 0 Å². The molecule has 0 aliphatic rings. The van der Waals surface area contributed by atoms with E-state index < -0.39 is 23.8 Å². The van der Waals surface area contributed by atoms with Crippen molar-refractivity contribution in [2.75, 3.05) is 14.2 Å². The molecule has 0 N–H and O–H groups in total. The van der Waals surface area contributed by atoms with Crippen LogP contribution in [0.5, 0.6) is 0 Å². The van der Waals surface area contributed by atoms with Gasteiger partial charge in [-0.15, -0.1) is 0 Å². The van der Waals surface area contributed by atoms with Crippen molar-refractivity contribution in [2.45, 2.75) is 5.92 Å². The summed E-state index contributed by atoms with van der Waals surface area (Å²) in [6.45, 7) is 0. The second-order valence-electron chi connectivity index (χ2n) is 6.02. The Morgan fingerprint density at radius 1 is 0.692 bits per heavy atom. The van der Waals surface area contributed by atoms with Gasteiger partial charge in [-0.3, -0.25) is 9.59 Å². The first-order valence-electron chi connectivity index (χ1n) is 8.35. The van der Waals surface area contributed by atoms with Crippen LogP contribution < -0.4 is 0 Å². The van der Waals surface area contributed by atoms with Gasteiger partial charge in [0.05, 0.1) is 14.2 Å². The molecule has 0 saturated carbocycles. The minimum atomic E-state index is -1.08. The Balaban J connectivity index is 2.19. The van der Waals surface area contributed by atoms with Gasteiger partial charge >= 0.3 is 11.9 Å². The van der Waals surface area contributed by atoms with Crippen LogP contribution in [0.3, 0.4) is 0 Å². The van der Waals surface area contributed by atoms with Crippen molar-refractivity contribution in [1.29, 1.82) is 0 Å². The predicted molar refractivity (Wildman–Crippen MR) is 99.8 cm³/mol. The smallest absolute Gasteiger partial charge is 0.321 e. The summed E-state index contributed by atoms with van der Waals surface area (Å²) in [5.74, 6) is -2.80. The highest BCUT2D eigenvalue weighted by Gasteiger charge is 2.38. The molecule has 0 aliphatic heterocycles. The van der Waals surface area contributed by atoms with Crippen molar-refractivity contribution in [1.82, 2.24) is 0 Å². The third-order valence-corrected chi connectivity index (χ3v) is 4.53. The maximum atomic E-state index is 12.4. The third kappa shape index (κ3) is 3.45. The second kappa shape index (κ2) is 7.83. The number of methoxy groups -OCH3 is 2. The summed E-state index contributed by atoms with van der Waals surface area (Å²) in [6.07, 6.45) is 0. The first-order valence-corrected chi connectivity index (χ1v) is 8.35. The zero-order valence-electron chi connectivity index (χ0n) is 14.7. The van der Waals surface area contributed by atoms with E-state index in [2.05, 4.69) is 0 Å². The molecule has 3 rings (SSSR count). The molecular weight excluding hydrogens is 328 g/mol. The Morgan fingerprint density at radius 2 is 1.27 bits per heavy atom. The fraction of sp³-hybridized carbons (Fsp3) is 0.182. The van der Waals surface area contributed by atoms with Crippen LogP contribution in [0.25, 0.3) is 10.8 Å². The molecule has 0 aromatic heterocycles. The molecule has 1 atom stereocenters. The Morgan fingerprint density at radius 3 is 1.88 bits per heavy atom. The summed E-state index contributed by atoms with van der Waals surface area (Å²) < 4.78 is 9.81. The van der Waals surface area contributed by atoms with E-state index in [-0.39, 0.29) is 0 Å². The first-order chi connectivity index (χ1) is 12.7. The standard InChI is InChI=1S/C22H20O4/c1-25-21(23)20(22(24)26-2)19(16-9-4-3-5-10-16)18-13-12-15-8-6-7-11-17(15)14-18/h3-14,19-20H,1-2H3/t19-/m0/s1. The molecule has 132 valence electrons. The average molecular weight is 348 g/mol. The lowest BCUT2D eigenvalue weighted by molar-refractivity contribution is -0.159. The molecule has 26 heavy (non-hydrogen) atoms. The summed E-state index contributed by atoms with van der Waals surface area (Å²) in [6, 6.07) is 23.4. The Bertz CT molecular complexity index is 902. The molecule has 0 spiro atoms. The molecule has 4 heteroatoms. The molecule has 0 saturated heterocycles. The average Bonchev–Trinajstić information content (AvgIpc) is 2.71. The van der Waals surface area contributed by atoms with Gasteiger partial charge in [0, 0.05) is 5.92 Å². The summed E-state index contributed by atoms with van der Waals surface area (Å²) in [5.41, 5.74) is 1.71. The highest BCUT2D eigenvalue weighted by Crippen LogP contribution is 2.35. The van der Waals surface area contributed by atoms with Crippen molar-refractivity contribution in [3.63, 3.8) is 0 Å². The highest BCUT2D eigenvalue weighted by molar-refractivity contribution is 5.97. The van der Waals surface area contributed by atoms with Crippen LogP contribution in [-0.4, -0.2) is 26.2 Å². The molecule has 0 fully saturated rings. The fourth-order valence-corrected chi connectivity index (χ4v) is 3.26. The first kappa shape index (κ1) is 17.7. The van der Waals surface area contributed by atoms with Gasteiger partial charge in [0.25, 0.3) is 0 Å². The van der Waals surface area contributed by atoms with E-state index in [1.165, 1.54) is 14.2 Å². The number of carbonyl (C=O) groups excluding carboxylic acids is 2. The number of esters is 2. The van der Waals surface area contributed by atoms with Crippen LogP contribution >= 0.6 is 0 Å². The van der Waals surface area contributed by atoms with Gasteiger partial charge in [-0.2, -0.15) is 0 Å². The van der Waals surface area contributed by atoms with Crippen molar-refractivity contribution < 1.29 is 19.1 Å². The largest absolute Gasteiger partial charge is 0.468 e. The van der Waals surface area contributed by atoms with Gasteiger partial charge in [-0.05, 0) is 21.9 Å². The predicted octanol–water partition coefficient (Wildman–Crippen LogP) is 3.93. The van der Waals surface area contributed by atoms with E-state index in [9.17, 15) is 9.59 Å². The lowest BCUT2D eigenvalue weighted by atomic mass is 9.80. The molecule has 0 aliphatic carbocycles. The number of hydrogen-bond acceptors (Lipinski definition) is 4. The van der Waals surface area contributed by atoms with Crippen LogP contribution in [0.15, 0.2) is 72.8 Å². The van der Waals surface area contributed by atoms with Crippen molar-refractivity contribution >= 4 is 22.7 Å². The van der Waals surface area contributed by atoms with E-state index in [4.69, 9.17) is 9.47 Å². The number of fused-ring (bicyclic) bond motifs is 1. The summed E-state index contributed by atoms with van der Waals surface area (Å²) >= 11 is 0. The minimum Gasteiger partial charge on any atom is -0.468 e. The van der Waals surface area contributed by atoms with E-state index >= 15 is 0 Å². The molecule has 0 bridgehead atoms. The van der Waals surface area contributed by atoms with Crippen LogP contribution in [0.4, 0.5) is 0 Å². The molecule has 3 aromatic carbocycles. The fourth-order valence-electron chi connectivity index (χ4n) is 3.26. The molecule has 0 radical (unpaired) electrons. The van der Waals surface area contributed by atoms with Gasteiger partial charge in [0.2, 0.25) is 0 Å². The maximum absolute atomic E-state index is 12.4. The van der Waals surface area contributed by atoms with Crippen LogP contribution in [0, 0.1) is 5.92 Å². The van der Waals surface area contributed by atoms with Crippen LogP contribution in [0.1, 0.15) is 17.0 Å². The quantitative estimate of drug-likeness (QED) is 0.518. The van der Waals surface area contributed by atoms with E-state index in [1.54, 1.807) is 0 Å². The van der Waals surface area contributed by atoms with Gasteiger partial charge in [0.15, 0.2) is 5.92 Å². The number of carbonyl (C=O) groups is 2. The molecule has 0 heterocycles. The summed E-state index contributed by atoms with van der Waals surface area (Å²) in [4.78, 5) is 24.9. The van der Waals surface area contributed by atoms with Crippen LogP contribution in [-0.2, 0) is 19.1 Å². The Kier molecular flexibility index (Phi) is 5.32. The molecular formula is C22H20O4. The van der Waals surface area contributed by atoms with E-state index in [0.29, 0.717) is 0 Å². The molecule has 0 unspecified atom stereocenters. The van der Waals surface area contributed by atoms with Gasteiger partial charge in [0.1, 0.15) is 0 Å². The second-order valence-corrected chi connectivity index (χ2v) is 6.02. The van der Waals surface area contributed by atoms with Crippen molar-refractivity contribution in [2.24, 2.45) is 5.92 Å². The van der Waals surface area contributed by atoms with E-state index in [0.717, 1.165) is 21.9 Å². The van der Waals surface area contributed by atoms with Gasteiger partial charge < -0.3 is 9.47 Å². The highest BCUT2D eigenvalue weighted by atomic mass is 16.5. The summed E-state index contributed by atoms with van der Waals surface area (Å²) in [5, 5.41) is 2.13. The lowest BCUT2D eigenvalue weighted by Gasteiger charge is -2.24. The Labute approximate surface area is 152 Å². The topological polar surface area (TPSA) is 52.6 Å². The van der Waals surface area contributed by atoms with E-state index in [1.807, 2.05) is 72.8 Å². The van der Waals surface area contributed by atoms with Gasteiger partial charge in [-0.1, -0.05) is 72.8 Å².